The van der Waals surface area contributed by atoms with Gasteiger partial charge in [-0.1, -0.05) is 0 Å². The van der Waals surface area contributed by atoms with E-state index in [9.17, 15) is 14.0 Å². The van der Waals surface area contributed by atoms with E-state index in [-0.39, 0.29) is 5.56 Å². The highest BCUT2D eigenvalue weighted by atomic mass is 19.1. The molecule has 1 aromatic rings. The molecule has 0 aromatic carbocycles. The maximum absolute atomic E-state index is 13.3. The van der Waals surface area contributed by atoms with Crippen LogP contribution in [0.4, 0.5) is 4.39 Å². The van der Waals surface area contributed by atoms with Crippen molar-refractivity contribution in [3.05, 3.63) is 29.8 Å². The molecule has 0 aliphatic rings. The van der Waals surface area contributed by atoms with Crippen molar-refractivity contribution in [1.29, 1.82) is 0 Å². The highest BCUT2D eigenvalue weighted by Crippen LogP contribution is 2.17. The first-order valence-corrected chi connectivity index (χ1v) is 4.89. The van der Waals surface area contributed by atoms with Gasteiger partial charge in [-0.25, -0.2) is 9.18 Å². The van der Waals surface area contributed by atoms with Gasteiger partial charge in [-0.05, 0) is 19.9 Å². The number of halogens is 1. The fourth-order valence-electron chi connectivity index (χ4n) is 1.13. The zero-order chi connectivity index (χ0) is 13.2. The van der Waals surface area contributed by atoms with Crippen LogP contribution in [0.2, 0.25) is 0 Å². The number of carbonyl (C=O) groups is 2. The minimum atomic E-state index is -1.41. The van der Waals surface area contributed by atoms with Gasteiger partial charge in [0.2, 0.25) is 0 Å². The molecular weight excluding hydrogens is 227 g/mol. The molecule has 1 heterocycles. The summed E-state index contributed by atoms with van der Waals surface area (Å²) in [5, 5.41) is 8.98. The van der Waals surface area contributed by atoms with Gasteiger partial charge in [0.15, 0.2) is 5.82 Å². The molecule has 17 heavy (non-hydrogen) atoms. The minimum Gasteiger partial charge on any atom is -0.480 e. The topological polar surface area (TPSA) is 70.5 Å². The van der Waals surface area contributed by atoms with Crippen LogP contribution in [0.5, 0.6) is 0 Å². The van der Waals surface area contributed by atoms with E-state index in [1.165, 1.54) is 33.2 Å². The lowest BCUT2D eigenvalue weighted by Gasteiger charge is -2.31. The Balaban J connectivity index is 3.07. The fourth-order valence-corrected chi connectivity index (χ4v) is 1.13. The van der Waals surface area contributed by atoms with Crippen LogP contribution in [0, 0.1) is 5.82 Å². The molecule has 6 heteroatoms. The van der Waals surface area contributed by atoms with Crippen molar-refractivity contribution in [3.8, 4) is 0 Å². The van der Waals surface area contributed by atoms with Crippen LogP contribution < -0.4 is 0 Å². The molecule has 0 aliphatic carbocycles. The Morgan fingerprint density at radius 3 is 2.53 bits per heavy atom. The van der Waals surface area contributed by atoms with Crippen LogP contribution in [-0.4, -0.2) is 39.5 Å². The normalized spacial score (nSPS) is 11.1. The van der Waals surface area contributed by atoms with Gasteiger partial charge in [0.1, 0.15) is 5.54 Å². The number of hydrogen-bond donors (Lipinski definition) is 1. The number of amides is 1. The second-order valence-electron chi connectivity index (χ2n) is 4.08. The molecule has 1 rings (SSSR count). The average Bonchev–Trinajstić information content (AvgIpc) is 2.27. The van der Waals surface area contributed by atoms with Crippen LogP contribution in [0.3, 0.4) is 0 Å². The molecule has 1 aromatic heterocycles. The third-order valence-corrected chi connectivity index (χ3v) is 2.67. The van der Waals surface area contributed by atoms with Gasteiger partial charge in [-0.15, -0.1) is 0 Å². The molecule has 0 saturated heterocycles. The first-order chi connectivity index (χ1) is 7.78. The largest absolute Gasteiger partial charge is 0.480 e. The molecule has 0 saturated carbocycles. The van der Waals surface area contributed by atoms with Crippen molar-refractivity contribution in [1.82, 2.24) is 9.88 Å². The van der Waals surface area contributed by atoms with Gasteiger partial charge in [0.25, 0.3) is 5.91 Å². The molecule has 0 radical (unpaired) electrons. The summed E-state index contributed by atoms with van der Waals surface area (Å²) < 4.78 is 13.3. The highest BCUT2D eigenvalue weighted by Gasteiger charge is 2.36. The number of aliphatic carboxylic acids is 1. The zero-order valence-corrected chi connectivity index (χ0v) is 9.77. The third-order valence-electron chi connectivity index (χ3n) is 2.67. The number of nitrogens with zero attached hydrogens (tertiary/aromatic N) is 2. The van der Waals surface area contributed by atoms with E-state index in [2.05, 4.69) is 4.98 Å². The number of pyridine rings is 1. The number of hydrogen-bond acceptors (Lipinski definition) is 3. The lowest BCUT2D eigenvalue weighted by molar-refractivity contribution is -0.147. The lowest BCUT2D eigenvalue weighted by atomic mass is 10.0. The van der Waals surface area contributed by atoms with Crippen LogP contribution in [-0.2, 0) is 4.79 Å². The average molecular weight is 240 g/mol. The Kier molecular flexibility index (Phi) is 3.45. The number of likely N-dealkylation sites (N-methyl/N-ethyl adjacent to an activating group) is 1. The summed E-state index contributed by atoms with van der Waals surface area (Å²) in [6, 6.07) is 1.21. The lowest BCUT2D eigenvalue weighted by Crippen LogP contribution is -2.50. The molecule has 0 fully saturated rings. The first-order valence-electron chi connectivity index (χ1n) is 4.89. The minimum absolute atomic E-state index is 0.197. The summed E-state index contributed by atoms with van der Waals surface area (Å²) in [4.78, 5) is 27.4. The smallest absolute Gasteiger partial charge is 0.329 e. The van der Waals surface area contributed by atoms with Crippen molar-refractivity contribution in [2.24, 2.45) is 0 Å². The van der Waals surface area contributed by atoms with Crippen molar-refractivity contribution in [2.45, 2.75) is 19.4 Å². The van der Waals surface area contributed by atoms with Gasteiger partial charge in [-0.2, -0.15) is 0 Å². The second kappa shape index (κ2) is 4.48. The summed E-state index contributed by atoms with van der Waals surface area (Å²) in [7, 11) is 1.32. The molecule has 0 spiro atoms. The fraction of sp³-hybridized carbons (Fsp3) is 0.364. The SMILES string of the molecule is CN(C(=O)c1ccncc1F)C(C)(C)C(=O)O. The van der Waals surface area contributed by atoms with Gasteiger partial charge in [0.05, 0.1) is 11.8 Å². The van der Waals surface area contributed by atoms with E-state index in [0.29, 0.717) is 0 Å². The molecule has 0 bridgehead atoms. The highest BCUT2D eigenvalue weighted by molar-refractivity contribution is 5.97. The monoisotopic (exact) mass is 240 g/mol. The standard InChI is InChI=1S/C11H13FN2O3/c1-11(2,10(16)17)14(3)9(15)7-4-5-13-6-8(7)12/h4-6H,1-3H3,(H,16,17). The Labute approximate surface area is 97.9 Å². The van der Waals surface area contributed by atoms with Gasteiger partial charge < -0.3 is 10.0 Å². The molecular formula is C11H13FN2O3. The summed E-state index contributed by atoms with van der Waals surface area (Å²) in [5.74, 6) is -2.63. The molecule has 5 nitrogen and oxygen atoms in total. The van der Waals surface area contributed by atoms with E-state index >= 15 is 0 Å². The number of carbonyl (C=O) groups excluding carboxylic acids is 1. The number of carboxylic acid groups (broad SMARTS) is 1. The third kappa shape index (κ3) is 2.41. The van der Waals surface area contributed by atoms with Crippen molar-refractivity contribution >= 4 is 11.9 Å². The van der Waals surface area contributed by atoms with Gasteiger partial charge in [0, 0.05) is 13.2 Å². The predicted octanol–water partition coefficient (Wildman–Crippen LogP) is 1.16. The molecule has 0 unspecified atom stereocenters. The van der Waals surface area contributed by atoms with Crippen molar-refractivity contribution in [2.75, 3.05) is 7.05 Å². The van der Waals surface area contributed by atoms with Crippen LogP contribution in [0.25, 0.3) is 0 Å². The Hall–Kier alpha value is -1.98. The maximum Gasteiger partial charge on any atom is 0.329 e. The molecule has 1 amide bonds. The van der Waals surface area contributed by atoms with Crippen LogP contribution in [0.15, 0.2) is 18.5 Å². The van der Waals surface area contributed by atoms with Gasteiger partial charge >= 0.3 is 5.97 Å². The molecule has 92 valence electrons. The van der Waals surface area contributed by atoms with Crippen molar-refractivity contribution in [3.63, 3.8) is 0 Å². The van der Waals surface area contributed by atoms with E-state index in [1.807, 2.05) is 0 Å². The van der Waals surface area contributed by atoms with Crippen LogP contribution >= 0.6 is 0 Å². The summed E-state index contributed by atoms with van der Waals surface area (Å²) in [6.07, 6.45) is 2.19. The first kappa shape index (κ1) is 13.1. The maximum atomic E-state index is 13.3. The zero-order valence-electron chi connectivity index (χ0n) is 9.77. The Bertz CT molecular complexity index is 460. The van der Waals surface area contributed by atoms with Crippen molar-refractivity contribution < 1.29 is 19.1 Å². The number of carboxylic acids is 1. The Morgan fingerprint density at radius 2 is 2.06 bits per heavy atom. The van der Waals surface area contributed by atoms with E-state index in [0.717, 1.165) is 11.1 Å². The molecule has 0 aliphatic heterocycles. The summed E-state index contributed by atoms with van der Waals surface area (Å²) >= 11 is 0. The molecule has 0 atom stereocenters. The van der Waals surface area contributed by atoms with E-state index in [1.54, 1.807) is 0 Å². The van der Waals surface area contributed by atoms with E-state index in [4.69, 9.17) is 5.11 Å². The summed E-state index contributed by atoms with van der Waals surface area (Å²) in [5.41, 5.74) is -1.61. The predicted molar refractivity (Wildman–Crippen MR) is 58.0 cm³/mol. The van der Waals surface area contributed by atoms with E-state index < -0.39 is 23.2 Å². The second-order valence-corrected chi connectivity index (χ2v) is 4.08. The Morgan fingerprint density at radius 1 is 1.47 bits per heavy atom. The molecule has 1 N–H and O–H groups in total. The quantitative estimate of drug-likeness (QED) is 0.860. The number of aromatic nitrogens is 1. The number of rotatable bonds is 3. The van der Waals surface area contributed by atoms with Crippen LogP contribution in [0.1, 0.15) is 24.2 Å². The van der Waals surface area contributed by atoms with Gasteiger partial charge in [-0.3, -0.25) is 9.78 Å². The summed E-state index contributed by atoms with van der Waals surface area (Å²) in [6.45, 7) is 2.73.